The van der Waals surface area contributed by atoms with Crippen molar-refractivity contribution in [1.29, 1.82) is 0 Å². The Morgan fingerprint density at radius 1 is 1.17 bits per heavy atom. The van der Waals surface area contributed by atoms with Crippen LogP contribution in [0.4, 0.5) is 11.4 Å². The number of anilines is 2. The smallest absolute Gasteiger partial charge is 0.242 e. The highest BCUT2D eigenvalue weighted by atomic mass is 32.2. The van der Waals surface area contributed by atoms with E-state index in [1.807, 2.05) is 0 Å². The number of benzene rings is 1. The number of amides is 2. The molecule has 8 heteroatoms. The van der Waals surface area contributed by atoms with Gasteiger partial charge in [-0.2, -0.15) is 4.31 Å². The highest BCUT2D eigenvalue weighted by molar-refractivity contribution is 7.88. The summed E-state index contributed by atoms with van der Waals surface area (Å²) in [7, 11) is -3.38. The van der Waals surface area contributed by atoms with Crippen molar-refractivity contribution in [3.63, 3.8) is 0 Å². The van der Waals surface area contributed by atoms with E-state index in [2.05, 4.69) is 5.32 Å². The molecule has 130 valence electrons. The molecule has 0 spiro atoms. The molecule has 1 atom stereocenters. The molecule has 2 amide bonds. The number of rotatable bonds is 4. The summed E-state index contributed by atoms with van der Waals surface area (Å²) in [6.45, 7) is 1.10. The van der Waals surface area contributed by atoms with Crippen molar-refractivity contribution in [3.05, 3.63) is 24.3 Å². The minimum absolute atomic E-state index is 0.113. The maximum Gasteiger partial charge on any atom is 0.242 e. The Bertz CT molecular complexity index is 745. The van der Waals surface area contributed by atoms with Gasteiger partial charge in [0.2, 0.25) is 21.8 Å². The Morgan fingerprint density at radius 3 is 2.46 bits per heavy atom. The lowest BCUT2D eigenvalue weighted by molar-refractivity contribution is -0.119. The van der Waals surface area contributed by atoms with E-state index < -0.39 is 16.1 Å². The molecule has 2 saturated heterocycles. The zero-order chi connectivity index (χ0) is 17.3. The molecule has 1 aromatic rings. The SMILES string of the molecule is CS(=O)(=O)N1CCCC1C(=O)Nc1ccc(N2CCCC2=O)cc1. The molecule has 1 N–H and O–H groups in total. The topological polar surface area (TPSA) is 86.8 Å². The van der Waals surface area contributed by atoms with Crippen molar-refractivity contribution in [2.24, 2.45) is 0 Å². The predicted molar refractivity (Wildman–Crippen MR) is 91.2 cm³/mol. The Balaban J connectivity index is 1.67. The van der Waals surface area contributed by atoms with E-state index in [0.717, 1.165) is 24.9 Å². The normalized spacial score (nSPS) is 22.1. The molecular weight excluding hydrogens is 330 g/mol. The first-order valence-electron chi connectivity index (χ1n) is 8.04. The summed E-state index contributed by atoms with van der Waals surface area (Å²) in [4.78, 5) is 25.8. The molecule has 0 aromatic heterocycles. The molecule has 0 radical (unpaired) electrons. The Labute approximate surface area is 141 Å². The van der Waals surface area contributed by atoms with Crippen molar-refractivity contribution in [2.75, 3.05) is 29.6 Å². The molecule has 2 aliphatic rings. The maximum absolute atomic E-state index is 12.4. The van der Waals surface area contributed by atoms with Crippen molar-refractivity contribution < 1.29 is 18.0 Å². The standard InChI is InChI=1S/C16H21N3O4S/c1-24(22,23)19-11-2-4-14(19)16(21)17-12-6-8-13(9-7-12)18-10-3-5-15(18)20/h6-9,14H,2-5,10-11H2,1H3,(H,17,21). The number of nitrogens with one attached hydrogen (secondary N) is 1. The van der Waals surface area contributed by atoms with Crippen LogP contribution in [0.25, 0.3) is 0 Å². The molecule has 1 unspecified atom stereocenters. The van der Waals surface area contributed by atoms with Gasteiger partial charge in [0.05, 0.1) is 6.26 Å². The van der Waals surface area contributed by atoms with Crippen LogP contribution in [0.2, 0.25) is 0 Å². The lowest BCUT2D eigenvalue weighted by atomic mass is 10.2. The minimum Gasteiger partial charge on any atom is -0.325 e. The van der Waals surface area contributed by atoms with Gasteiger partial charge in [-0.1, -0.05) is 0 Å². The summed E-state index contributed by atoms with van der Waals surface area (Å²) in [5, 5.41) is 2.77. The van der Waals surface area contributed by atoms with Crippen LogP contribution in [0.1, 0.15) is 25.7 Å². The summed E-state index contributed by atoms with van der Waals surface area (Å²) < 4.78 is 24.7. The van der Waals surface area contributed by atoms with E-state index in [1.54, 1.807) is 29.2 Å². The van der Waals surface area contributed by atoms with Crippen molar-refractivity contribution >= 4 is 33.2 Å². The summed E-state index contributed by atoms with van der Waals surface area (Å²) in [6, 6.07) is 6.40. The van der Waals surface area contributed by atoms with Gasteiger partial charge in [0.1, 0.15) is 6.04 Å². The largest absolute Gasteiger partial charge is 0.325 e. The average molecular weight is 351 g/mol. The van der Waals surface area contributed by atoms with Crippen molar-refractivity contribution in [1.82, 2.24) is 4.31 Å². The molecule has 3 rings (SSSR count). The Hall–Kier alpha value is -1.93. The van der Waals surface area contributed by atoms with E-state index in [4.69, 9.17) is 0 Å². The van der Waals surface area contributed by atoms with Crippen molar-refractivity contribution in [2.45, 2.75) is 31.7 Å². The van der Waals surface area contributed by atoms with E-state index in [0.29, 0.717) is 31.5 Å². The summed E-state index contributed by atoms with van der Waals surface area (Å²) in [6.07, 6.45) is 3.77. The van der Waals surface area contributed by atoms with Gasteiger partial charge in [-0.3, -0.25) is 9.59 Å². The zero-order valence-electron chi connectivity index (χ0n) is 13.6. The molecular formula is C16H21N3O4S. The minimum atomic E-state index is -3.38. The predicted octanol–water partition coefficient (Wildman–Crippen LogP) is 1.18. The Morgan fingerprint density at radius 2 is 1.88 bits per heavy atom. The van der Waals surface area contributed by atoms with Gasteiger partial charge in [-0.15, -0.1) is 0 Å². The number of nitrogens with zero attached hydrogens (tertiary/aromatic N) is 2. The number of carbonyl (C=O) groups is 2. The first-order valence-corrected chi connectivity index (χ1v) is 9.89. The maximum atomic E-state index is 12.4. The van der Waals surface area contributed by atoms with Gasteiger partial charge in [0, 0.05) is 30.9 Å². The lowest BCUT2D eigenvalue weighted by Gasteiger charge is -2.21. The fraction of sp³-hybridized carbons (Fsp3) is 0.500. The third kappa shape index (κ3) is 3.44. The number of sulfonamides is 1. The fourth-order valence-corrected chi connectivity index (χ4v) is 4.39. The fourth-order valence-electron chi connectivity index (χ4n) is 3.27. The second kappa shape index (κ2) is 6.52. The van der Waals surface area contributed by atoms with Crippen LogP contribution in [0.5, 0.6) is 0 Å². The molecule has 2 aliphatic heterocycles. The summed E-state index contributed by atoms with van der Waals surface area (Å²) in [5.74, 6) is -0.204. The number of carbonyl (C=O) groups excluding carboxylic acids is 2. The van der Waals surface area contributed by atoms with Crippen LogP contribution < -0.4 is 10.2 Å². The van der Waals surface area contributed by atoms with Crippen LogP contribution in [0, 0.1) is 0 Å². The van der Waals surface area contributed by atoms with Gasteiger partial charge in [0.25, 0.3) is 0 Å². The van der Waals surface area contributed by atoms with Gasteiger partial charge in [0.15, 0.2) is 0 Å². The molecule has 2 heterocycles. The zero-order valence-corrected chi connectivity index (χ0v) is 14.4. The van der Waals surface area contributed by atoms with Crippen molar-refractivity contribution in [3.8, 4) is 0 Å². The first-order chi connectivity index (χ1) is 11.4. The monoisotopic (exact) mass is 351 g/mol. The molecule has 0 aliphatic carbocycles. The highest BCUT2D eigenvalue weighted by Gasteiger charge is 2.36. The van der Waals surface area contributed by atoms with Gasteiger partial charge >= 0.3 is 0 Å². The van der Waals surface area contributed by atoms with E-state index in [-0.39, 0.29) is 11.8 Å². The first kappa shape index (κ1) is 16.9. The van der Waals surface area contributed by atoms with E-state index in [9.17, 15) is 18.0 Å². The van der Waals surface area contributed by atoms with Gasteiger partial charge in [-0.05, 0) is 43.5 Å². The molecule has 2 fully saturated rings. The summed E-state index contributed by atoms with van der Waals surface area (Å²) in [5.41, 5.74) is 1.41. The Kier molecular flexibility index (Phi) is 4.60. The number of hydrogen-bond acceptors (Lipinski definition) is 4. The third-order valence-corrected chi connectivity index (χ3v) is 5.74. The van der Waals surface area contributed by atoms with Crippen LogP contribution in [-0.4, -0.2) is 49.9 Å². The highest BCUT2D eigenvalue weighted by Crippen LogP contribution is 2.25. The second-order valence-electron chi connectivity index (χ2n) is 6.22. The van der Waals surface area contributed by atoms with Gasteiger partial charge < -0.3 is 10.2 Å². The van der Waals surface area contributed by atoms with Crippen LogP contribution in [-0.2, 0) is 19.6 Å². The summed E-state index contributed by atoms with van der Waals surface area (Å²) >= 11 is 0. The quantitative estimate of drug-likeness (QED) is 0.882. The van der Waals surface area contributed by atoms with E-state index in [1.165, 1.54) is 4.31 Å². The molecule has 1 aromatic carbocycles. The third-order valence-electron chi connectivity index (χ3n) is 4.45. The van der Waals surface area contributed by atoms with Crippen LogP contribution in [0.15, 0.2) is 24.3 Å². The van der Waals surface area contributed by atoms with Crippen LogP contribution in [0.3, 0.4) is 0 Å². The lowest BCUT2D eigenvalue weighted by Crippen LogP contribution is -2.42. The second-order valence-corrected chi connectivity index (χ2v) is 8.15. The van der Waals surface area contributed by atoms with E-state index >= 15 is 0 Å². The average Bonchev–Trinajstić information content (AvgIpc) is 3.16. The van der Waals surface area contributed by atoms with Gasteiger partial charge in [-0.25, -0.2) is 8.42 Å². The molecule has 0 saturated carbocycles. The molecule has 24 heavy (non-hydrogen) atoms. The van der Waals surface area contributed by atoms with Crippen LogP contribution >= 0.6 is 0 Å². The molecule has 0 bridgehead atoms. The molecule has 7 nitrogen and oxygen atoms in total. The number of hydrogen-bond donors (Lipinski definition) is 1.